The van der Waals surface area contributed by atoms with Crippen LogP contribution in [-0.4, -0.2) is 42.1 Å². The van der Waals surface area contributed by atoms with Gasteiger partial charge in [0.2, 0.25) is 5.82 Å². The smallest absolute Gasteiger partial charge is 0.376 e. The van der Waals surface area contributed by atoms with Crippen molar-refractivity contribution >= 4 is 28.6 Å². The van der Waals surface area contributed by atoms with E-state index in [1.165, 1.54) is 0 Å². The lowest BCUT2D eigenvalue weighted by Crippen LogP contribution is -2.10. The van der Waals surface area contributed by atoms with Crippen molar-refractivity contribution in [1.29, 1.82) is 0 Å². The molecule has 0 aliphatic rings. The second kappa shape index (κ2) is 7.77. The molecule has 28 heavy (non-hydrogen) atoms. The van der Waals surface area contributed by atoms with Crippen LogP contribution in [0.3, 0.4) is 0 Å². The first-order chi connectivity index (χ1) is 13.6. The molecule has 0 spiro atoms. The third-order valence-corrected chi connectivity index (χ3v) is 4.40. The summed E-state index contributed by atoms with van der Waals surface area (Å²) in [6.45, 7) is 3.22. The van der Waals surface area contributed by atoms with E-state index in [1.54, 1.807) is 24.0 Å². The predicted octanol–water partition coefficient (Wildman–Crippen LogP) is 2.95. The van der Waals surface area contributed by atoms with Gasteiger partial charge in [-0.05, 0) is 24.1 Å². The topological polar surface area (TPSA) is 87.7 Å². The van der Waals surface area contributed by atoms with Gasteiger partial charge in [0, 0.05) is 18.6 Å². The second-order valence-corrected chi connectivity index (χ2v) is 6.50. The van der Waals surface area contributed by atoms with Crippen LogP contribution in [0.15, 0.2) is 48.9 Å². The van der Waals surface area contributed by atoms with Crippen molar-refractivity contribution in [2.24, 2.45) is 0 Å². The summed E-state index contributed by atoms with van der Waals surface area (Å²) in [5, 5.41) is 9.39. The van der Waals surface area contributed by atoms with Crippen molar-refractivity contribution in [3.05, 3.63) is 71.0 Å². The van der Waals surface area contributed by atoms with Crippen LogP contribution in [0.5, 0.6) is 0 Å². The van der Waals surface area contributed by atoms with E-state index in [0.717, 1.165) is 17.7 Å². The van der Waals surface area contributed by atoms with Gasteiger partial charge in [-0.15, -0.1) is 0 Å². The summed E-state index contributed by atoms with van der Waals surface area (Å²) in [6.07, 6.45) is 5.46. The number of halogens is 1. The molecule has 0 N–H and O–H groups in total. The number of nitrogens with zero attached hydrogens (tertiary/aromatic N) is 6. The summed E-state index contributed by atoms with van der Waals surface area (Å²) in [5.41, 5.74) is 2.59. The number of ether oxygens (including phenoxy) is 1. The summed E-state index contributed by atoms with van der Waals surface area (Å²) in [5.74, 6) is -0.707. The SMILES string of the molecule is CCOC(=O)c1nc(Cl)c2cn(Cc3ccc(Cn4cccn4)cc3)nc2n1. The highest BCUT2D eigenvalue weighted by atomic mass is 35.5. The van der Waals surface area contributed by atoms with Gasteiger partial charge in [0.25, 0.3) is 0 Å². The summed E-state index contributed by atoms with van der Waals surface area (Å²) in [6, 6.07) is 10.1. The Morgan fingerprint density at radius 3 is 2.46 bits per heavy atom. The summed E-state index contributed by atoms with van der Waals surface area (Å²) < 4.78 is 8.52. The largest absolute Gasteiger partial charge is 0.460 e. The van der Waals surface area contributed by atoms with Crippen LogP contribution in [0.25, 0.3) is 11.0 Å². The number of aromatic nitrogens is 6. The fourth-order valence-electron chi connectivity index (χ4n) is 2.80. The van der Waals surface area contributed by atoms with Crippen LogP contribution in [-0.2, 0) is 17.8 Å². The lowest BCUT2D eigenvalue weighted by molar-refractivity contribution is 0.0512. The van der Waals surface area contributed by atoms with Crippen molar-refractivity contribution < 1.29 is 9.53 Å². The highest BCUT2D eigenvalue weighted by Gasteiger charge is 2.16. The Kier molecular flexibility index (Phi) is 5.03. The summed E-state index contributed by atoms with van der Waals surface area (Å²) in [7, 11) is 0. The Morgan fingerprint density at radius 1 is 1.11 bits per heavy atom. The molecule has 3 heterocycles. The van der Waals surface area contributed by atoms with Gasteiger partial charge in [-0.3, -0.25) is 9.36 Å². The van der Waals surface area contributed by atoms with E-state index in [2.05, 4.69) is 32.3 Å². The van der Waals surface area contributed by atoms with Crippen LogP contribution < -0.4 is 0 Å². The van der Waals surface area contributed by atoms with Crippen molar-refractivity contribution in [2.75, 3.05) is 6.61 Å². The van der Waals surface area contributed by atoms with E-state index in [-0.39, 0.29) is 17.6 Å². The minimum atomic E-state index is -0.617. The number of hydrogen-bond acceptors (Lipinski definition) is 6. The maximum atomic E-state index is 11.8. The fraction of sp³-hybridized carbons (Fsp3) is 0.211. The monoisotopic (exact) mass is 396 g/mol. The maximum absolute atomic E-state index is 11.8. The highest BCUT2D eigenvalue weighted by molar-refractivity contribution is 6.34. The summed E-state index contributed by atoms with van der Waals surface area (Å²) in [4.78, 5) is 20.0. The standard InChI is InChI=1S/C19H17ClN6O2/c1-2-28-19(27)18-22-16(20)15-12-26(24-17(15)23-18)11-14-6-4-13(5-7-14)10-25-9-3-8-21-25/h3-9,12H,2,10-11H2,1H3. The normalized spacial score (nSPS) is 11.1. The Bertz CT molecular complexity index is 1110. The number of carbonyl (C=O) groups is 1. The average Bonchev–Trinajstić information content (AvgIpc) is 3.33. The van der Waals surface area contributed by atoms with E-state index in [1.807, 2.05) is 29.1 Å². The molecule has 1 aromatic carbocycles. The molecule has 0 aliphatic carbocycles. The van der Waals surface area contributed by atoms with Crippen LogP contribution in [0.2, 0.25) is 5.15 Å². The molecule has 9 heteroatoms. The van der Waals surface area contributed by atoms with Crippen LogP contribution >= 0.6 is 11.6 Å². The lowest BCUT2D eigenvalue weighted by atomic mass is 10.1. The first kappa shape index (κ1) is 18.1. The first-order valence-corrected chi connectivity index (χ1v) is 9.13. The van der Waals surface area contributed by atoms with Gasteiger partial charge < -0.3 is 4.74 Å². The van der Waals surface area contributed by atoms with E-state index in [9.17, 15) is 4.79 Å². The zero-order chi connectivity index (χ0) is 19.5. The molecule has 4 aromatic rings. The molecule has 142 valence electrons. The van der Waals surface area contributed by atoms with Crippen LogP contribution in [0.1, 0.15) is 28.7 Å². The third kappa shape index (κ3) is 3.86. The van der Waals surface area contributed by atoms with Gasteiger partial charge in [0.05, 0.1) is 25.1 Å². The molecule has 0 amide bonds. The molecule has 0 saturated heterocycles. The molecule has 8 nitrogen and oxygen atoms in total. The van der Waals surface area contributed by atoms with Gasteiger partial charge >= 0.3 is 5.97 Å². The summed E-state index contributed by atoms with van der Waals surface area (Å²) >= 11 is 6.19. The number of hydrogen-bond donors (Lipinski definition) is 0. The molecule has 0 aliphatic heterocycles. The van der Waals surface area contributed by atoms with Crippen LogP contribution in [0.4, 0.5) is 0 Å². The zero-order valence-corrected chi connectivity index (χ0v) is 15.9. The molecule has 0 bridgehead atoms. The van der Waals surface area contributed by atoms with E-state index >= 15 is 0 Å². The maximum Gasteiger partial charge on any atom is 0.376 e. The van der Waals surface area contributed by atoms with Gasteiger partial charge in [-0.1, -0.05) is 35.9 Å². The number of benzene rings is 1. The highest BCUT2D eigenvalue weighted by Crippen LogP contribution is 2.20. The van der Waals surface area contributed by atoms with Crippen molar-refractivity contribution in [3.63, 3.8) is 0 Å². The molecule has 0 fully saturated rings. The molecule has 0 atom stereocenters. The van der Waals surface area contributed by atoms with Gasteiger partial charge in [-0.25, -0.2) is 9.78 Å². The molecular weight excluding hydrogens is 380 g/mol. The first-order valence-electron chi connectivity index (χ1n) is 8.75. The van der Waals surface area contributed by atoms with Crippen LogP contribution in [0, 0.1) is 0 Å². The zero-order valence-electron chi connectivity index (χ0n) is 15.1. The van der Waals surface area contributed by atoms with Crippen molar-refractivity contribution in [3.8, 4) is 0 Å². The van der Waals surface area contributed by atoms with Gasteiger partial charge in [0.15, 0.2) is 5.65 Å². The Hall–Kier alpha value is -3.26. The van der Waals surface area contributed by atoms with Crippen molar-refractivity contribution in [2.45, 2.75) is 20.0 Å². The number of rotatable bonds is 6. The number of esters is 1. The molecular formula is C19H17ClN6O2. The number of fused-ring (bicyclic) bond motifs is 1. The molecule has 0 unspecified atom stereocenters. The Morgan fingerprint density at radius 2 is 1.82 bits per heavy atom. The van der Waals surface area contributed by atoms with Gasteiger partial charge in [0.1, 0.15) is 5.15 Å². The molecule has 0 radical (unpaired) electrons. The quantitative estimate of drug-likeness (QED) is 0.368. The molecule has 0 saturated carbocycles. The molecule has 3 aromatic heterocycles. The molecule has 4 rings (SSSR count). The van der Waals surface area contributed by atoms with E-state index < -0.39 is 5.97 Å². The minimum absolute atomic E-state index is 0.0902. The second-order valence-electron chi connectivity index (χ2n) is 6.14. The minimum Gasteiger partial charge on any atom is -0.460 e. The number of carbonyl (C=O) groups excluding carboxylic acids is 1. The average molecular weight is 397 g/mol. The Balaban J connectivity index is 1.53. The fourth-order valence-corrected chi connectivity index (χ4v) is 3.02. The third-order valence-electron chi connectivity index (χ3n) is 4.11. The van der Waals surface area contributed by atoms with Gasteiger partial charge in [-0.2, -0.15) is 15.2 Å². The van der Waals surface area contributed by atoms with Crippen molar-refractivity contribution in [1.82, 2.24) is 29.5 Å². The van der Waals surface area contributed by atoms with E-state index in [4.69, 9.17) is 16.3 Å². The van der Waals surface area contributed by atoms with E-state index in [0.29, 0.717) is 17.6 Å². The lowest BCUT2D eigenvalue weighted by Gasteiger charge is -2.05. The predicted molar refractivity (Wildman–Crippen MR) is 103 cm³/mol. The Labute approximate surface area is 165 Å².